The van der Waals surface area contributed by atoms with E-state index in [1.807, 2.05) is 0 Å². The Morgan fingerprint density at radius 3 is 2.30 bits per heavy atom. The zero-order chi connectivity index (χ0) is 24.6. The Bertz CT molecular complexity index is 788. The van der Waals surface area contributed by atoms with E-state index in [9.17, 15) is 38.1 Å². The van der Waals surface area contributed by atoms with Crippen LogP contribution in [0.2, 0.25) is 0 Å². The quantitative estimate of drug-likeness (QED) is 0.255. The zero-order valence-corrected chi connectivity index (χ0v) is 19.0. The first-order valence-corrected chi connectivity index (χ1v) is 12.0. The molecule has 2 rings (SSSR count). The summed E-state index contributed by atoms with van der Waals surface area (Å²) in [4.78, 5) is 22.9. The Morgan fingerprint density at radius 1 is 1.03 bits per heavy atom. The van der Waals surface area contributed by atoms with E-state index in [-0.39, 0.29) is 36.0 Å². The monoisotopic (exact) mass is 492 g/mol. The molecule has 1 aliphatic carbocycles. The summed E-state index contributed by atoms with van der Waals surface area (Å²) in [5, 5.41) is 38.9. The maximum Gasteiger partial charge on any atom is 0.416 e. The summed E-state index contributed by atoms with van der Waals surface area (Å²) in [6.45, 7) is 0. The summed E-state index contributed by atoms with van der Waals surface area (Å²) in [5.74, 6) is -1.30. The third-order valence-electron chi connectivity index (χ3n) is 6.12. The van der Waals surface area contributed by atoms with Crippen LogP contribution in [0.25, 0.3) is 0 Å². The van der Waals surface area contributed by atoms with Gasteiger partial charge in [0.05, 0.1) is 17.8 Å². The molecule has 0 heterocycles. The van der Waals surface area contributed by atoms with Gasteiger partial charge < -0.3 is 20.4 Å². The number of rotatable bonds is 12. The fourth-order valence-corrected chi connectivity index (χ4v) is 5.20. The van der Waals surface area contributed by atoms with Gasteiger partial charge in [-0.2, -0.15) is 13.2 Å². The van der Waals surface area contributed by atoms with Gasteiger partial charge in [-0.3, -0.25) is 9.59 Å². The Hall–Kier alpha value is -1.62. The van der Waals surface area contributed by atoms with Gasteiger partial charge in [-0.15, -0.1) is 0 Å². The van der Waals surface area contributed by atoms with Crippen LogP contribution in [0, 0.1) is 11.8 Å². The molecule has 6 nitrogen and oxygen atoms in total. The highest BCUT2D eigenvalue weighted by Gasteiger charge is 2.41. The second kappa shape index (κ2) is 12.7. The summed E-state index contributed by atoms with van der Waals surface area (Å²) in [7, 11) is 0. The van der Waals surface area contributed by atoms with Gasteiger partial charge in [0.1, 0.15) is 6.10 Å². The molecule has 0 radical (unpaired) electrons. The number of carbonyl (C=O) groups excluding carboxylic acids is 1. The highest BCUT2D eigenvalue weighted by Crippen LogP contribution is 2.39. The molecule has 0 aliphatic heterocycles. The van der Waals surface area contributed by atoms with E-state index in [1.54, 1.807) is 0 Å². The van der Waals surface area contributed by atoms with Gasteiger partial charge in [-0.1, -0.05) is 25.3 Å². The minimum Gasteiger partial charge on any atom is -0.481 e. The van der Waals surface area contributed by atoms with Crippen molar-refractivity contribution in [3.8, 4) is 0 Å². The van der Waals surface area contributed by atoms with E-state index in [0.717, 1.165) is 31.4 Å². The Balaban J connectivity index is 1.83. The molecule has 0 bridgehead atoms. The number of unbranched alkanes of at least 4 members (excludes halogenated alkanes) is 3. The van der Waals surface area contributed by atoms with Crippen LogP contribution in [-0.2, 0) is 15.8 Å². The lowest BCUT2D eigenvalue weighted by molar-refractivity contribution is -0.138. The number of carboxylic acids is 1. The number of carboxylic acid groups (broad SMARTS) is 1. The number of aliphatic hydroxyl groups excluding tert-OH is 3. The molecule has 1 fully saturated rings. The van der Waals surface area contributed by atoms with Gasteiger partial charge in [0.25, 0.3) is 0 Å². The Morgan fingerprint density at radius 2 is 1.67 bits per heavy atom. The van der Waals surface area contributed by atoms with Crippen molar-refractivity contribution < 1.29 is 43.2 Å². The fourth-order valence-electron chi connectivity index (χ4n) is 4.38. The van der Waals surface area contributed by atoms with Crippen LogP contribution in [0.15, 0.2) is 29.2 Å². The molecule has 4 N–H and O–H groups in total. The lowest BCUT2D eigenvalue weighted by Crippen LogP contribution is -2.25. The van der Waals surface area contributed by atoms with Crippen molar-refractivity contribution in [3.63, 3.8) is 0 Å². The van der Waals surface area contributed by atoms with Crippen LogP contribution < -0.4 is 0 Å². The molecule has 1 unspecified atom stereocenters. The summed E-state index contributed by atoms with van der Waals surface area (Å²) >= 11 is 0.547. The largest absolute Gasteiger partial charge is 0.481 e. The summed E-state index contributed by atoms with van der Waals surface area (Å²) in [6.07, 6.45) is -3.08. The second-order valence-electron chi connectivity index (χ2n) is 8.58. The summed E-state index contributed by atoms with van der Waals surface area (Å²) < 4.78 is 38.5. The smallest absolute Gasteiger partial charge is 0.416 e. The second-order valence-corrected chi connectivity index (χ2v) is 9.66. The van der Waals surface area contributed by atoms with Crippen molar-refractivity contribution >= 4 is 22.8 Å². The minimum absolute atomic E-state index is 0.0361. The molecule has 0 amide bonds. The number of thioether (sulfide) groups is 1. The standard InChI is InChI=1S/C23H31F3O6S/c24-23(25,26)14-6-5-7-15(12-14)33-22(32)18(27)11-10-17-16(19(28)13-20(17)29)8-3-1-2-4-9-21(30)31/h5-7,12,16-20,27-29H,1-4,8-11,13H2,(H,30,31)/t16-,17-,18?,19+,20-/m1/s1. The SMILES string of the molecule is O=C(O)CCCCCC[C@@H]1[C@@H](CCC(O)C(=O)Sc2cccc(C(F)(F)F)c2)[C@H](O)C[C@@H]1O. The van der Waals surface area contributed by atoms with E-state index >= 15 is 0 Å². The number of halogens is 3. The first kappa shape index (κ1) is 27.6. The predicted octanol–water partition coefficient (Wildman–Crippen LogP) is 4.25. The Labute approximate surface area is 195 Å². The summed E-state index contributed by atoms with van der Waals surface area (Å²) in [6, 6.07) is 4.34. The van der Waals surface area contributed by atoms with Gasteiger partial charge in [-0.05, 0) is 73.9 Å². The highest BCUT2D eigenvalue weighted by atomic mass is 32.2. The zero-order valence-electron chi connectivity index (χ0n) is 18.2. The third-order valence-corrected chi connectivity index (χ3v) is 7.09. The molecule has 1 aromatic carbocycles. The normalized spacial score (nSPS) is 24.1. The fraction of sp³-hybridized carbons (Fsp3) is 0.652. The van der Waals surface area contributed by atoms with Crippen molar-refractivity contribution in [2.75, 3.05) is 0 Å². The van der Waals surface area contributed by atoms with Gasteiger partial charge in [0.15, 0.2) is 0 Å². The van der Waals surface area contributed by atoms with Gasteiger partial charge in [-0.25, -0.2) is 0 Å². The number of aliphatic hydroxyl groups is 3. The molecule has 0 saturated heterocycles. The first-order valence-electron chi connectivity index (χ1n) is 11.1. The topological polar surface area (TPSA) is 115 Å². The van der Waals surface area contributed by atoms with E-state index in [4.69, 9.17) is 5.11 Å². The van der Waals surface area contributed by atoms with Crippen LogP contribution in [0.3, 0.4) is 0 Å². The van der Waals surface area contributed by atoms with Crippen molar-refractivity contribution in [2.24, 2.45) is 11.8 Å². The highest BCUT2D eigenvalue weighted by molar-refractivity contribution is 8.13. The summed E-state index contributed by atoms with van der Waals surface area (Å²) in [5.41, 5.74) is -0.872. The number of benzene rings is 1. The van der Waals surface area contributed by atoms with E-state index in [0.29, 0.717) is 31.0 Å². The lowest BCUT2D eigenvalue weighted by Gasteiger charge is -2.24. The number of hydrogen-bond acceptors (Lipinski definition) is 6. The number of carbonyl (C=O) groups is 2. The number of alkyl halides is 3. The van der Waals surface area contributed by atoms with E-state index in [1.165, 1.54) is 12.1 Å². The molecule has 0 aromatic heterocycles. The number of aliphatic carboxylic acids is 1. The molecule has 1 aliphatic rings. The van der Waals surface area contributed by atoms with Crippen molar-refractivity contribution in [1.82, 2.24) is 0 Å². The maximum atomic E-state index is 12.8. The maximum absolute atomic E-state index is 12.8. The number of hydrogen-bond donors (Lipinski definition) is 4. The Kier molecular flexibility index (Phi) is 10.7. The molecule has 1 aromatic rings. The molecular formula is C23H31F3O6S. The van der Waals surface area contributed by atoms with E-state index in [2.05, 4.69) is 0 Å². The van der Waals surface area contributed by atoms with Gasteiger partial charge >= 0.3 is 12.1 Å². The van der Waals surface area contributed by atoms with Crippen LogP contribution >= 0.6 is 11.8 Å². The van der Waals surface area contributed by atoms with Crippen LogP contribution in [0.4, 0.5) is 13.2 Å². The van der Waals surface area contributed by atoms with Crippen LogP contribution in [0.5, 0.6) is 0 Å². The van der Waals surface area contributed by atoms with Crippen molar-refractivity contribution in [1.29, 1.82) is 0 Å². The predicted molar refractivity (Wildman–Crippen MR) is 116 cm³/mol. The molecule has 1 saturated carbocycles. The third kappa shape index (κ3) is 8.92. The van der Waals surface area contributed by atoms with Crippen LogP contribution in [-0.4, -0.2) is 49.8 Å². The molecule has 186 valence electrons. The van der Waals surface area contributed by atoms with Crippen molar-refractivity contribution in [3.05, 3.63) is 29.8 Å². The molecule has 5 atom stereocenters. The average molecular weight is 493 g/mol. The minimum atomic E-state index is -4.52. The molecule has 10 heteroatoms. The lowest BCUT2D eigenvalue weighted by atomic mass is 9.85. The molecule has 33 heavy (non-hydrogen) atoms. The van der Waals surface area contributed by atoms with Crippen LogP contribution in [0.1, 0.15) is 63.4 Å². The van der Waals surface area contributed by atoms with Crippen molar-refractivity contribution in [2.45, 2.75) is 87.2 Å². The molecule has 0 spiro atoms. The van der Waals surface area contributed by atoms with E-state index < -0.39 is 41.1 Å². The first-order chi connectivity index (χ1) is 15.5. The van der Waals surface area contributed by atoms with Gasteiger partial charge in [0, 0.05) is 11.3 Å². The molecular weight excluding hydrogens is 461 g/mol. The van der Waals surface area contributed by atoms with Gasteiger partial charge in [0.2, 0.25) is 5.12 Å². The average Bonchev–Trinajstić information content (AvgIpc) is 3.00.